The first kappa shape index (κ1) is 17.8. The molecule has 10 heteroatoms. The van der Waals surface area contributed by atoms with E-state index >= 15 is 0 Å². The van der Waals surface area contributed by atoms with E-state index in [1.807, 2.05) is 0 Å². The number of allylic oxidation sites excluding steroid dienone is 1. The van der Waals surface area contributed by atoms with Crippen molar-refractivity contribution < 1.29 is 35.9 Å². The number of hydrogen-bond donors (Lipinski definition) is 0. The summed E-state index contributed by atoms with van der Waals surface area (Å²) in [7, 11) is 0. The van der Waals surface area contributed by atoms with Gasteiger partial charge in [0.1, 0.15) is 0 Å². The van der Waals surface area contributed by atoms with Crippen LogP contribution < -0.4 is 0 Å². The molecule has 0 atom stereocenters. The van der Waals surface area contributed by atoms with Crippen molar-refractivity contribution in [2.75, 3.05) is 6.61 Å². The van der Waals surface area contributed by atoms with Crippen LogP contribution in [-0.2, 0) is 9.53 Å². The maximum absolute atomic E-state index is 12.1. The van der Waals surface area contributed by atoms with Gasteiger partial charge in [-0.2, -0.15) is 36.9 Å². The average molecular weight is 300 g/mol. The fraction of sp³-hybridized carbons (Fsp3) is 0.600. The average Bonchev–Trinajstić information content (AvgIpc) is 2.31. The Balaban J connectivity index is 5.20. The molecule has 0 aromatic rings. The van der Waals surface area contributed by atoms with Gasteiger partial charge in [-0.3, -0.25) is 0 Å². The smallest absolute Gasteiger partial charge is 0.422 e. The summed E-state index contributed by atoms with van der Waals surface area (Å²) >= 11 is 0. The van der Waals surface area contributed by atoms with Gasteiger partial charge in [0, 0.05) is 6.42 Å². The molecule has 0 radical (unpaired) electrons. The minimum absolute atomic E-state index is 0.786. The number of ether oxygens (including phenoxy) is 1. The predicted molar refractivity (Wildman–Crippen MR) is 50.2 cm³/mol. The highest BCUT2D eigenvalue weighted by molar-refractivity contribution is 5.56. The van der Waals surface area contributed by atoms with Crippen LogP contribution in [-0.4, -0.2) is 24.9 Å². The van der Waals surface area contributed by atoms with E-state index < -0.39 is 43.0 Å². The van der Waals surface area contributed by atoms with E-state index in [9.17, 15) is 31.1 Å². The number of alkyl halides is 6. The van der Waals surface area contributed by atoms with E-state index in [4.69, 9.17) is 10.5 Å². The molecule has 0 amide bonds. The fourth-order valence-electron chi connectivity index (χ4n) is 1.07. The molecule has 0 aliphatic heterocycles. The second kappa shape index (κ2) is 6.31. The molecule has 0 aromatic carbocycles. The highest BCUT2D eigenvalue weighted by Gasteiger charge is 2.43. The maximum atomic E-state index is 12.1. The van der Waals surface area contributed by atoms with Crippen LogP contribution in [0.4, 0.5) is 26.3 Å². The van der Waals surface area contributed by atoms with Crippen LogP contribution in [0.2, 0.25) is 0 Å². The molecule has 20 heavy (non-hydrogen) atoms. The van der Waals surface area contributed by atoms with Gasteiger partial charge >= 0.3 is 12.4 Å². The minimum atomic E-state index is -4.89. The lowest BCUT2D eigenvalue weighted by Gasteiger charge is -2.20. The summed E-state index contributed by atoms with van der Waals surface area (Å²) in [6.45, 7) is -2.02. The zero-order valence-electron chi connectivity index (χ0n) is 9.60. The summed E-state index contributed by atoms with van der Waals surface area (Å²) in [6, 6.07) is 2.14. The molecule has 0 spiro atoms. The quantitative estimate of drug-likeness (QED) is 0.444. The standard InChI is InChI=1S/C10H6F6N2O2/c11-9(12,13)2-1-8(4-17,5-18)7(3-19)20-6-10(14,15)16/h1-2,6H2. The summed E-state index contributed by atoms with van der Waals surface area (Å²) in [6.07, 6.45) is -12.5. The largest absolute Gasteiger partial charge is 0.475 e. The van der Waals surface area contributed by atoms with Crippen molar-refractivity contribution in [2.45, 2.75) is 25.2 Å². The van der Waals surface area contributed by atoms with Gasteiger partial charge in [0.15, 0.2) is 12.5 Å². The SMILES string of the molecule is N#CC(C#N)(CCC(F)(F)F)C(=C=O)OCC(F)(F)F. The van der Waals surface area contributed by atoms with Crippen molar-refractivity contribution in [1.29, 1.82) is 10.5 Å². The molecular formula is C10H6F6N2O2. The fourth-order valence-corrected chi connectivity index (χ4v) is 1.07. The molecule has 4 nitrogen and oxygen atoms in total. The van der Waals surface area contributed by atoms with Crippen LogP contribution in [0.3, 0.4) is 0 Å². The molecule has 0 saturated carbocycles. The molecule has 0 bridgehead atoms. The Hall–Kier alpha value is -2.19. The van der Waals surface area contributed by atoms with Crippen molar-refractivity contribution in [1.82, 2.24) is 0 Å². The lowest BCUT2D eigenvalue weighted by molar-refractivity contribution is -0.168. The van der Waals surface area contributed by atoms with Crippen molar-refractivity contribution in [2.24, 2.45) is 5.41 Å². The molecule has 0 aliphatic rings. The van der Waals surface area contributed by atoms with Gasteiger partial charge in [-0.15, -0.1) is 0 Å². The Labute approximate surface area is 108 Å². The van der Waals surface area contributed by atoms with Gasteiger partial charge in [0.05, 0.1) is 12.1 Å². The Morgan fingerprint density at radius 1 is 0.950 bits per heavy atom. The van der Waals surface area contributed by atoms with Crippen molar-refractivity contribution in [3.63, 3.8) is 0 Å². The van der Waals surface area contributed by atoms with Crippen LogP contribution in [0, 0.1) is 28.1 Å². The van der Waals surface area contributed by atoms with E-state index in [-0.39, 0.29) is 0 Å². The van der Waals surface area contributed by atoms with Crippen molar-refractivity contribution in [3.8, 4) is 12.1 Å². The van der Waals surface area contributed by atoms with Gasteiger partial charge in [-0.25, -0.2) is 4.79 Å². The maximum Gasteiger partial charge on any atom is 0.422 e. The lowest BCUT2D eigenvalue weighted by atomic mass is 9.84. The number of carbonyl (C=O) groups excluding carboxylic acids is 1. The Bertz CT molecular complexity index is 462. The topological polar surface area (TPSA) is 73.9 Å². The van der Waals surface area contributed by atoms with E-state index in [2.05, 4.69) is 4.74 Å². The van der Waals surface area contributed by atoms with Crippen molar-refractivity contribution in [3.05, 3.63) is 5.76 Å². The monoisotopic (exact) mass is 300 g/mol. The number of rotatable bonds is 5. The minimum Gasteiger partial charge on any atom is -0.475 e. The van der Waals surface area contributed by atoms with Crippen LogP contribution in [0.5, 0.6) is 0 Å². The molecule has 110 valence electrons. The predicted octanol–water partition coefficient (Wildman–Crippen LogP) is 2.66. The highest BCUT2D eigenvalue weighted by Crippen LogP contribution is 2.36. The zero-order valence-corrected chi connectivity index (χ0v) is 9.60. The zero-order chi connectivity index (χ0) is 16.0. The highest BCUT2D eigenvalue weighted by atomic mass is 19.4. The summed E-state index contributed by atoms with van der Waals surface area (Å²) in [4.78, 5) is 10.5. The molecule has 0 fully saturated rings. The van der Waals surface area contributed by atoms with E-state index in [1.165, 1.54) is 0 Å². The third-order valence-electron chi connectivity index (χ3n) is 2.03. The second-order valence-corrected chi connectivity index (χ2v) is 3.58. The van der Waals surface area contributed by atoms with E-state index in [0.29, 0.717) is 0 Å². The normalized spacial score (nSPS) is 12.0. The first-order valence-electron chi connectivity index (χ1n) is 4.84. The number of hydrogen-bond acceptors (Lipinski definition) is 4. The third kappa shape index (κ3) is 5.63. The molecule has 0 N–H and O–H groups in total. The van der Waals surface area contributed by atoms with Crippen LogP contribution in [0.25, 0.3) is 0 Å². The molecule has 0 aliphatic carbocycles. The van der Waals surface area contributed by atoms with Gasteiger partial charge in [-0.05, 0) is 6.42 Å². The van der Waals surface area contributed by atoms with Crippen LogP contribution in [0.1, 0.15) is 12.8 Å². The molecule has 0 rings (SSSR count). The van der Waals surface area contributed by atoms with Crippen LogP contribution >= 0.6 is 0 Å². The number of nitrogens with zero attached hydrogens (tertiary/aromatic N) is 2. The summed E-state index contributed by atoms with van der Waals surface area (Å²) in [5.41, 5.74) is -2.76. The number of nitriles is 2. The number of halogens is 6. The molecule has 0 aromatic heterocycles. The third-order valence-corrected chi connectivity index (χ3v) is 2.03. The Morgan fingerprint density at radius 2 is 1.45 bits per heavy atom. The van der Waals surface area contributed by atoms with Gasteiger partial charge in [0.25, 0.3) is 0 Å². The van der Waals surface area contributed by atoms with Crippen molar-refractivity contribution >= 4 is 5.94 Å². The molecule has 0 heterocycles. The molecular weight excluding hydrogens is 294 g/mol. The van der Waals surface area contributed by atoms with Gasteiger partial charge in [0.2, 0.25) is 11.2 Å². The molecule has 0 unspecified atom stereocenters. The molecule has 0 saturated heterocycles. The van der Waals surface area contributed by atoms with Crippen LogP contribution in [0.15, 0.2) is 5.76 Å². The summed E-state index contributed by atoms with van der Waals surface area (Å²) in [5.74, 6) is -0.627. The first-order valence-corrected chi connectivity index (χ1v) is 4.84. The second-order valence-electron chi connectivity index (χ2n) is 3.58. The summed E-state index contributed by atoms with van der Waals surface area (Å²) < 4.78 is 75.8. The van der Waals surface area contributed by atoms with Gasteiger partial charge in [-0.1, -0.05) is 0 Å². The Kier molecular flexibility index (Phi) is 5.62. The van der Waals surface area contributed by atoms with E-state index in [0.717, 1.165) is 18.1 Å². The van der Waals surface area contributed by atoms with E-state index in [1.54, 1.807) is 0 Å². The lowest BCUT2D eigenvalue weighted by Crippen LogP contribution is -2.27. The van der Waals surface area contributed by atoms with Gasteiger partial charge < -0.3 is 4.74 Å². The first-order chi connectivity index (χ1) is 8.99. The summed E-state index contributed by atoms with van der Waals surface area (Å²) in [5, 5.41) is 17.4. The Morgan fingerprint density at radius 3 is 1.75 bits per heavy atom.